The van der Waals surface area contributed by atoms with Crippen molar-refractivity contribution in [3.8, 4) is 11.5 Å². The molecule has 0 bridgehead atoms. The zero-order valence-corrected chi connectivity index (χ0v) is 23.0. The molecule has 2 amide bonds. The van der Waals surface area contributed by atoms with Crippen LogP contribution in [0.5, 0.6) is 11.5 Å². The van der Waals surface area contributed by atoms with E-state index < -0.39 is 6.04 Å². The summed E-state index contributed by atoms with van der Waals surface area (Å²) < 4.78 is 12.5. The number of anilines is 1. The Kier molecular flexibility index (Phi) is 8.81. The molecule has 0 radical (unpaired) electrons. The number of methoxy groups -OCH3 is 2. The van der Waals surface area contributed by atoms with Crippen molar-refractivity contribution in [2.75, 3.05) is 25.7 Å². The van der Waals surface area contributed by atoms with Crippen molar-refractivity contribution in [3.63, 3.8) is 0 Å². The number of aromatic nitrogens is 3. The highest BCUT2D eigenvalue weighted by Crippen LogP contribution is 2.36. The van der Waals surface area contributed by atoms with Crippen LogP contribution < -0.4 is 19.7 Å². The van der Waals surface area contributed by atoms with Crippen molar-refractivity contribution in [2.24, 2.45) is 5.92 Å². The summed E-state index contributed by atoms with van der Waals surface area (Å²) in [6, 6.07) is 19.3. The van der Waals surface area contributed by atoms with Gasteiger partial charge < -0.3 is 14.8 Å². The van der Waals surface area contributed by atoms with Gasteiger partial charge in [0.2, 0.25) is 11.8 Å². The number of amides is 2. The van der Waals surface area contributed by atoms with Gasteiger partial charge in [0.15, 0.2) is 11.5 Å². The second kappa shape index (κ2) is 12.4. The average molecular weight is 530 g/mol. The molecule has 4 aromatic rings. The Morgan fingerprint density at radius 2 is 1.69 bits per heavy atom. The Balaban J connectivity index is 1.83. The molecule has 0 aliphatic rings. The molecular formula is C30H35N5O4. The highest BCUT2D eigenvalue weighted by atomic mass is 16.5. The summed E-state index contributed by atoms with van der Waals surface area (Å²) in [6.07, 6.45) is 0.821. The van der Waals surface area contributed by atoms with Crippen molar-refractivity contribution in [2.45, 2.75) is 39.8 Å². The fraction of sp³-hybridized carbons (Fsp3) is 0.333. The minimum atomic E-state index is -0.932. The number of ether oxygens (including phenoxy) is 2. The van der Waals surface area contributed by atoms with Crippen LogP contribution in [0, 0.1) is 12.8 Å². The van der Waals surface area contributed by atoms with Crippen LogP contribution in [0.3, 0.4) is 0 Å². The smallest absolute Gasteiger partial charge is 0.249 e. The van der Waals surface area contributed by atoms with Crippen LogP contribution in [0.2, 0.25) is 0 Å². The SMILES string of the molecule is COc1ccc(N(C(=O)Cn2nnc3ccccc32)C(C(=O)NCCC(C)C)c2ccccc2C)cc1OC. The molecule has 1 heterocycles. The topological polar surface area (TPSA) is 98.6 Å². The third-order valence-corrected chi connectivity index (χ3v) is 6.63. The number of fused-ring (bicyclic) bond motifs is 1. The highest BCUT2D eigenvalue weighted by molar-refractivity contribution is 6.02. The van der Waals surface area contributed by atoms with Crippen LogP contribution in [0.25, 0.3) is 11.0 Å². The molecule has 0 saturated carbocycles. The van der Waals surface area contributed by atoms with E-state index in [1.54, 1.807) is 30.0 Å². The van der Waals surface area contributed by atoms with Crippen molar-refractivity contribution < 1.29 is 19.1 Å². The van der Waals surface area contributed by atoms with Gasteiger partial charge in [0.25, 0.3) is 0 Å². The van der Waals surface area contributed by atoms with Crippen molar-refractivity contribution in [3.05, 3.63) is 77.9 Å². The minimum Gasteiger partial charge on any atom is -0.493 e. The lowest BCUT2D eigenvalue weighted by atomic mass is 9.98. The molecule has 9 heteroatoms. The third kappa shape index (κ3) is 6.19. The van der Waals surface area contributed by atoms with E-state index in [9.17, 15) is 9.59 Å². The standard InChI is InChI=1S/C30H35N5O4/c1-20(2)16-17-31-30(37)29(23-11-7-6-10-21(23)3)35(22-14-15-26(38-4)27(18-22)39-5)28(36)19-34-25-13-9-8-12-24(25)32-33-34/h6-15,18,20,29H,16-17,19H2,1-5H3,(H,31,37). The van der Waals surface area contributed by atoms with Crippen LogP contribution in [-0.2, 0) is 16.1 Å². The zero-order chi connectivity index (χ0) is 27.9. The predicted octanol–water partition coefficient (Wildman–Crippen LogP) is 4.69. The Bertz CT molecular complexity index is 1450. The first kappa shape index (κ1) is 27.6. The number of carbonyl (C=O) groups is 2. The number of para-hydroxylation sites is 1. The van der Waals surface area contributed by atoms with Crippen LogP contribution in [0.4, 0.5) is 5.69 Å². The van der Waals surface area contributed by atoms with Gasteiger partial charge in [0.05, 0.1) is 19.7 Å². The van der Waals surface area contributed by atoms with Crippen molar-refractivity contribution >= 4 is 28.5 Å². The molecule has 0 saturated heterocycles. The molecule has 3 aromatic carbocycles. The van der Waals surface area contributed by atoms with E-state index in [4.69, 9.17) is 9.47 Å². The molecule has 1 aromatic heterocycles. The van der Waals surface area contributed by atoms with Gasteiger partial charge in [0.1, 0.15) is 18.1 Å². The van der Waals surface area contributed by atoms with E-state index in [0.29, 0.717) is 35.2 Å². The van der Waals surface area contributed by atoms with Crippen LogP contribution in [-0.4, -0.2) is 47.6 Å². The van der Waals surface area contributed by atoms with Gasteiger partial charge in [-0.15, -0.1) is 5.10 Å². The second-order valence-corrected chi connectivity index (χ2v) is 9.77. The van der Waals surface area contributed by atoms with Gasteiger partial charge in [0, 0.05) is 18.3 Å². The fourth-order valence-corrected chi connectivity index (χ4v) is 4.52. The second-order valence-electron chi connectivity index (χ2n) is 9.77. The molecule has 204 valence electrons. The zero-order valence-electron chi connectivity index (χ0n) is 23.0. The Labute approximate surface area is 228 Å². The Hall–Kier alpha value is -4.40. The van der Waals surface area contributed by atoms with Crippen LogP contribution in [0.15, 0.2) is 66.7 Å². The number of nitrogens with one attached hydrogen (secondary N) is 1. The summed E-state index contributed by atoms with van der Waals surface area (Å²) in [5, 5.41) is 11.5. The molecule has 0 aliphatic heterocycles. The number of hydrogen-bond acceptors (Lipinski definition) is 6. The lowest BCUT2D eigenvalue weighted by Gasteiger charge is -2.32. The summed E-state index contributed by atoms with van der Waals surface area (Å²) >= 11 is 0. The largest absolute Gasteiger partial charge is 0.493 e. The maximum Gasteiger partial charge on any atom is 0.249 e. The normalized spacial score (nSPS) is 11.8. The number of aryl methyl sites for hydroxylation is 1. The van der Waals surface area contributed by atoms with Gasteiger partial charge in [-0.05, 0) is 54.7 Å². The number of benzene rings is 3. The van der Waals surface area contributed by atoms with Crippen LogP contribution >= 0.6 is 0 Å². The molecule has 0 spiro atoms. The number of rotatable bonds is 11. The molecule has 0 fully saturated rings. The summed E-state index contributed by atoms with van der Waals surface area (Å²) in [7, 11) is 3.08. The molecule has 4 rings (SSSR count). The predicted molar refractivity (Wildman–Crippen MR) is 151 cm³/mol. The summed E-state index contributed by atoms with van der Waals surface area (Å²) in [6.45, 7) is 6.53. The minimum absolute atomic E-state index is 0.115. The highest BCUT2D eigenvalue weighted by Gasteiger charge is 2.34. The summed E-state index contributed by atoms with van der Waals surface area (Å²) in [4.78, 5) is 29.6. The first-order chi connectivity index (χ1) is 18.8. The first-order valence-corrected chi connectivity index (χ1v) is 13.0. The summed E-state index contributed by atoms with van der Waals surface area (Å²) in [5.74, 6) is 0.792. The molecule has 39 heavy (non-hydrogen) atoms. The van der Waals surface area contributed by atoms with E-state index in [-0.39, 0.29) is 18.4 Å². The number of hydrogen-bond donors (Lipinski definition) is 1. The van der Waals surface area contributed by atoms with Gasteiger partial charge >= 0.3 is 0 Å². The van der Waals surface area contributed by atoms with E-state index >= 15 is 0 Å². The molecule has 9 nitrogen and oxygen atoms in total. The number of carbonyl (C=O) groups excluding carboxylic acids is 2. The average Bonchev–Trinajstić information content (AvgIpc) is 3.34. The van der Waals surface area contributed by atoms with E-state index in [1.807, 2.05) is 55.5 Å². The third-order valence-electron chi connectivity index (χ3n) is 6.63. The quantitative estimate of drug-likeness (QED) is 0.303. The Morgan fingerprint density at radius 1 is 0.974 bits per heavy atom. The molecule has 0 aliphatic carbocycles. The van der Waals surface area contributed by atoms with Gasteiger partial charge in [-0.3, -0.25) is 14.5 Å². The maximum atomic E-state index is 14.2. The molecule has 1 N–H and O–H groups in total. The maximum absolute atomic E-state index is 14.2. The molecule has 1 unspecified atom stereocenters. The monoisotopic (exact) mass is 529 g/mol. The van der Waals surface area contributed by atoms with E-state index in [0.717, 1.165) is 23.1 Å². The lowest BCUT2D eigenvalue weighted by molar-refractivity contribution is -0.127. The first-order valence-electron chi connectivity index (χ1n) is 13.0. The van der Waals surface area contributed by atoms with Gasteiger partial charge in [-0.25, -0.2) is 4.68 Å². The van der Waals surface area contributed by atoms with E-state index in [1.165, 1.54) is 12.0 Å². The Morgan fingerprint density at radius 3 is 2.41 bits per heavy atom. The number of nitrogens with zero attached hydrogens (tertiary/aromatic N) is 4. The van der Waals surface area contributed by atoms with Gasteiger partial charge in [-0.2, -0.15) is 0 Å². The molecule has 1 atom stereocenters. The van der Waals surface area contributed by atoms with E-state index in [2.05, 4.69) is 29.5 Å². The molecular weight excluding hydrogens is 494 g/mol. The van der Waals surface area contributed by atoms with Gasteiger partial charge in [-0.1, -0.05) is 55.5 Å². The lowest BCUT2D eigenvalue weighted by Crippen LogP contribution is -2.46. The van der Waals surface area contributed by atoms with Crippen molar-refractivity contribution in [1.29, 1.82) is 0 Å². The van der Waals surface area contributed by atoms with Crippen molar-refractivity contribution in [1.82, 2.24) is 20.3 Å². The fourth-order valence-electron chi connectivity index (χ4n) is 4.52. The summed E-state index contributed by atoms with van der Waals surface area (Å²) in [5.41, 5.74) is 3.53. The van der Waals surface area contributed by atoms with Crippen LogP contribution in [0.1, 0.15) is 37.4 Å².